The quantitative estimate of drug-likeness (QED) is 0.573. The molecule has 1 fully saturated rings. The highest BCUT2D eigenvalue weighted by atomic mass is 16.4. The van der Waals surface area contributed by atoms with Gasteiger partial charge in [-0.3, -0.25) is 10.1 Å². The van der Waals surface area contributed by atoms with Crippen molar-refractivity contribution in [3.05, 3.63) is 108 Å². The van der Waals surface area contributed by atoms with E-state index < -0.39 is 11.5 Å². The van der Waals surface area contributed by atoms with Crippen molar-refractivity contribution in [1.82, 2.24) is 5.32 Å². The summed E-state index contributed by atoms with van der Waals surface area (Å²) in [5.74, 6) is -0.956. The maximum atomic E-state index is 11.6. The molecule has 4 rings (SSSR count). The van der Waals surface area contributed by atoms with E-state index in [0.29, 0.717) is 6.42 Å². The van der Waals surface area contributed by atoms with Crippen LogP contribution in [0, 0.1) is 5.92 Å². The lowest BCUT2D eigenvalue weighted by atomic mass is 9.75. The molecule has 3 aromatic rings. The lowest BCUT2D eigenvalue weighted by molar-refractivity contribution is -0.143. The van der Waals surface area contributed by atoms with Crippen molar-refractivity contribution < 1.29 is 9.90 Å². The van der Waals surface area contributed by atoms with E-state index in [0.717, 1.165) is 36.0 Å². The second kappa shape index (κ2) is 8.62. The number of carboxylic acids is 1. The maximum absolute atomic E-state index is 11.6. The standard InChI is InChI=1S/C26H27NO2/c28-25(29)20-11-10-18-24(19-20)27-26(21-12-4-1-5-13-21,22-14-6-2-7-15-22)23-16-8-3-9-17-23/h1-9,12-17,20,24,27H,10-11,18-19H2,(H,28,29)/t20-,24+/m1/s1. The third-order valence-electron chi connectivity index (χ3n) is 6.06. The molecule has 3 aromatic carbocycles. The highest BCUT2D eigenvalue weighted by Crippen LogP contribution is 2.39. The van der Waals surface area contributed by atoms with Crippen molar-refractivity contribution in [1.29, 1.82) is 0 Å². The third-order valence-corrected chi connectivity index (χ3v) is 6.06. The molecule has 0 radical (unpaired) electrons. The van der Waals surface area contributed by atoms with Crippen LogP contribution in [0.25, 0.3) is 0 Å². The van der Waals surface area contributed by atoms with Gasteiger partial charge in [0.15, 0.2) is 0 Å². The Morgan fingerprint density at radius 3 is 1.62 bits per heavy atom. The molecule has 0 amide bonds. The molecule has 2 atom stereocenters. The fourth-order valence-electron chi connectivity index (χ4n) is 4.67. The van der Waals surface area contributed by atoms with E-state index in [1.165, 1.54) is 0 Å². The first-order valence-corrected chi connectivity index (χ1v) is 10.4. The van der Waals surface area contributed by atoms with Crippen LogP contribution in [-0.2, 0) is 10.3 Å². The fraction of sp³-hybridized carbons (Fsp3) is 0.269. The van der Waals surface area contributed by atoms with Crippen molar-refractivity contribution in [2.24, 2.45) is 5.92 Å². The Labute approximate surface area is 172 Å². The highest BCUT2D eigenvalue weighted by Gasteiger charge is 2.39. The summed E-state index contributed by atoms with van der Waals surface area (Å²) in [6.45, 7) is 0. The van der Waals surface area contributed by atoms with E-state index in [1.807, 2.05) is 18.2 Å². The zero-order chi connectivity index (χ0) is 20.1. The number of hydrogen-bond donors (Lipinski definition) is 2. The number of benzene rings is 3. The van der Waals surface area contributed by atoms with Gasteiger partial charge in [-0.1, -0.05) is 97.4 Å². The molecule has 0 unspecified atom stereocenters. The number of aliphatic carboxylic acids is 1. The summed E-state index contributed by atoms with van der Waals surface area (Å²) in [7, 11) is 0. The van der Waals surface area contributed by atoms with E-state index in [-0.39, 0.29) is 12.0 Å². The van der Waals surface area contributed by atoms with Crippen LogP contribution in [0.1, 0.15) is 42.4 Å². The van der Waals surface area contributed by atoms with Crippen LogP contribution in [-0.4, -0.2) is 17.1 Å². The highest BCUT2D eigenvalue weighted by molar-refractivity contribution is 5.70. The zero-order valence-corrected chi connectivity index (χ0v) is 16.5. The molecule has 0 aromatic heterocycles. The monoisotopic (exact) mass is 385 g/mol. The average molecular weight is 386 g/mol. The van der Waals surface area contributed by atoms with Crippen molar-refractivity contribution in [3.63, 3.8) is 0 Å². The number of carbonyl (C=O) groups is 1. The summed E-state index contributed by atoms with van der Waals surface area (Å²) >= 11 is 0. The smallest absolute Gasteiger partial charge is 0.306 e. The minimum Gasteiger partial charge on any atom is -0.481 e. The molecule has 2 N–H and O–H groups in total. The van der Waals surface area contributed by atoms with Gasteiger partial charge >= 0.3 is 5.97 Å². The van der Waals surface area contributed by atoms with Crippen LogP contribution in [0.15, 0.2) is 91.0 Å². The minimum atomic E-state index is -0.679. The molecule has 1 saturated carbocycles. The molecule has 0 spiro atoms. The molecule has 0 heterocycles. The molecular formula is C26H27NO2. The third kappa shape index (κ3) is 3.96. The van der Waals surface area contributed by atoms with E-state index >= 15 is 0 Å². The SMILES string of the molecule is O=C(O)[C@@H]1CCC[C@H](NC(c2ccccc2)(c2ccccc2)c2ccccc2)C1. The van der Waals surface area contributed by atoms with Crippen LogP contribution in [0.3, 0.4) is 0 Å². The predicted octanol–water partition coefficient (Wildman–Crippen LogP) is 5.21. The average Bonchev–Trinajstić information content (AvgIpc) is 2.79. The van der Waals surface area contributed by atoms with Crippen molar-refractivity contribution in [2.75, 3.05) is 0 Å². The Balaban J connectivity index is 1.85. The van der Waals surface area contributed by atoms with Crippen LogP contribution in [0.2, 0.25) is 0 Å². The van der Waals surface area contributed by atoms with Crippen LogP contribution in [0.4, 0.5) is 0 Å². The molecule has 1 aliphatic rings. The Kier molecular flexibility index (Phi) is 5.77. The van der Waals surface area contributed by atoms with Crippen LogP contribution in [0.5, 0.6) is 0 Å². The van der Waals surface area contributed by atoms with Gasteiger partial charge in [0.25, 0.3) is 0 Å². The van der Waals surface area contributed by atoms with Gasteiger partial charge in [-0.25, -0.2) is 0 Å². The summed E-state index contributed by atoms with van der Waals surface area (Å²) in [6, 6.07) is 31.6. The van der Waals surface area contributed by atoms with Crippen LogP contribution < -0.4 is 5.32 Å². The predicted molar refractivity (Wildman–Crippen MR) is 116 cm³/mol. The minimum absolute atomic E-state index is 0.130. The molecule has 3 heteroatoms. The van der Waals surface area contributed by atoms with E-state index in [1.54, 1.807) is 0 Å². The molecule has 0 bridgehead atoms. The summed E-state index contributed by atoms with van der Waals surface area (Å²) in [5, 5.41) is 13.5. The first-order chi connectivity index (χ1) is 14.2. The first-order valence-electron chi connectivity index (χ1n) is 10.4. The van der Waals surface area contributed by atoms with E-state index in [9.17, 15) is 9.90 Å². The lowest BCUT2D eigenvalue weighted by Crippen LogP contribution is -2.51. The van der Waals surface area contributed by atoms with Gasteiger partial charge in [0.2, 0.25) is 0 Å². The number of rotatable bonds is 6. The normalized spacial score (nSPS) is 19.6. The first kappa shape index (κ1) is 19.4. The molecule has 29 heavy (non-hydrogen) atoms. The number of carboxylic acid groups (broad SMARTS) is 1. The Bertz CT molecular complexity index is 828. The Hall–Kier alpha value is -2.91. The Morgan fingerprint density at radius 1 is 0.759 bits per heavy atom. The summed E-state index contributed by atoms with van der Waals surface area (Å²) in [5.41, 5.74) is 2.95. The van der Waals surface area contributed by atoms with Crippen molar-refractivity contribution >= 4 is 5.97 Å². The van der Waals surface area contributed by atoms with Gasteiger partial charge in [0.1, 0.15) is 0 Å². The zero-order valence-electron chi connectivity index (χ0n) is 16.5. The molecule has 1 aliphatic carbocycles. The van der Waals surface area contributed by atoms with Gasteiger partial charge in [-0.05, 0) is 36.0 Å². The van der Waals surface area contributed by atoms with E-state index in [2.05, 4.69) is 78.1 Å². The fourth-order valence-corrected chi connectivity index (χ4v) is 4.67. The molecule has 0 aliphatic heterocycles. The van der Waals surface area contributed by atoms with Gasteiger partial charge in [-0.2, -0.15) is 0 Å². The molecule has 3 nitrogen and oxygen atoms in total. The Morgan fingerprint density at radius 2 is 1.21 bits per heavy atom. The second-order valence-electron chi connectivity index (χ2n) is 7.89. The molecule has 0 saturated heterocycles. The number of hydrogen-bond acceptors (Lipinski definition) is 2. The van der Waals surface area contributed by atoms with Gasteiger partial charge < -0.3 is 5.11 Å². The van der Waals surface area contributed by atoms with E-state index in [4.69, 9.17) is 0 Å². The molecule has 148 valence electrons. The topological polar surface area (TPSA) is 49.3 Å². The van der Waals surface area contributed by atoms with Gasteiger partial charge in [0, 0.05) is 6.04 Å². The summed E-state index contributed by atoms with van der Waals surface area (Å²) < 4.78 is 0. The summed E-state index contributed by atoms with van der Waals surface area (Å²) in [6.07, 6.45) is 3.34. The molecular weight excluding hydrogens is 358 g/mol. The number of nitrogens with one attached hydrogen (secondary N) is 1. The van der Waals surface area contributed by atoms with Crippen LogP contribution >= 0.6 is 0 Å². The largest absolute Gasteiger partial charge is 0.481 e. The van der Waals surface area contributed by atoms with Gasteiger partial charge in [0.05, 0.1) is 11.5 Å². The van der Waals surface area contributed by atoms with Gasteiger partial charge in [-0.15, -0.1) is 0 Å². The van der Waals surface area contributed by atoms with Crippen molar-refractivity contribution in [3.8, 4) is 0 Å². The van der Waals surface area contributed by atoms with Crippen molar-refractivity contribution in [2.45, 2.75) is 37.3 Å². The maximum Gasteiger partial charge on any atom is 0.306 e. The second-order valence-corrected chi connectivity index (χ2v) is 7.89. The summed E-state index contributed by atoms with van der Waals surface area (Å²) in [4.78, 5) is 11.6. The lowest BCUT2D eigenvalue weighted by Gasteiger charge is -2.42.